The van der Waals surface area contributed by atoms with E-state index in [2.05, 4.69) is 5.32 Å². The number of alkyl halides is 3. The minimum atomic E-state index is -4.69. The number of hydrogen-bond acceptors (Lipinski definition) is 6. The van der Waals surface area contributed by atoms with E-state index in [0.29, 0.717) is 5.69 Å². The van der Waals surface area contributed by atoms with Gasteiger partial charge in [-0.2, -0.15) is 13.2 Å². The molecule has 12 heteroatoms. The number of nitrogens with one attached hydrogen (secondary N) is 1. The molecule has 0 heterocycles. The van der Waals surface area contributed by atoms with E-state index in [1.807, 2.05) is 0 Å². The average molecular weight is 442 g/mol. The molecule has 8 nitrogen and oxygen atoms in total. The summed E-state index contributed by atoms with van der Waals surface area (Å²) in [6.07, 6.45) is -4.69. The summed E-state index contributed by atoms with van der Waals surface area (Å²) in [5, 5.41) is 13.4. The number of amides is 2. The van der Waals surface area contributed by atoms with Crippen LogP contribution in [-0.4, -0.2) is 36.6 Å². The Morgan fingerprint density at radius 3 is 2.40 bits per heavy atom. The van der Waals surface area contributed by atoms with Gasteiger partial charge in [0.25, 0.3) is 5.69 Å². The number of nitro groups is 1. The molecule has 2 rings (SSSR count). The van der Waals surface area contributed by atoms with Gasteiger partial charge in [-0.25, -0.2) is 0 Å². The second kappa shape index (κ2) is 9.03. The average Bonchev–Trinajstić information content (AvgIpc) is 2.65. The van der Waals surface area contributed by atoms with Gasteiger partial charge in [0, 0.05) is 31.4 Å². The molecule has 2 aromatic carbocycles. The van der Waals surface area contributed by atoms with Gasteiger partial charge in [-0.1, -0.05) is 0 Å². The largest absolute Gasteiger partial charge is 0.418 e. The fourth-order valence-corrected chi connectivity index (χ4v) is 3.22. The van der Waals surface area contributed by atoms with E-state index >= 15 is 0 Å². The van der Waals surface area contributed by atoms with Crippen LogP contribution in [-0.2, 0) is 11.0 Å². The summed E-state index contributed by atoms with van der Waals surface area (Å²) >= 11 is 0.749. The molecule has 0 spiro atoms. The van der Waals surface area contributed by atoms with Crippen LogP contribution in [0.2, 0.25) is 0 Å². The Kier molecular flexibility index (Phi) is 6.92. The summed E-state index contributed by atoms with van der Waals surface area (Å²) in [7, 11) is 3.17. The molecule has 0 saturated heterocycles. The first-order valence-electron chi connectivity index (χ1n) is 8.29. The quantitative estimate of drug-likeness (QED) is 0.385. The maximum Gasteiger partial charge on any atom is 0.418 e. The van der Waals surface area contributed by atoms with Gasteiger partial charge < -0.3 is 16.0 Å². The number of nitrogens with two attached hydrogens (primary N) is 1. The van der Waals surface area contributed by atoms with E-state index in [4.69, 9.17) is 5.73 Å². The fourth-order valence-electron chi connectivity index (χ4n) is 2.42. The summed E-state index contributed by atoms with van der Waals surface area (Å²) in [4.78, 5) is 35.4. The standard InChI is InChI=1S/C18H17F3N4O4S/c1-24(2)11-4-5-13(12(8-11)18(19,20)21)23-16(26)9-30-15-6-3-10(17(22)27)7-14(15)25(28)29/h3-8H,9H2,1-2H3,(H2,22,27)(H,23,26). The van der Waals surface area contributed by atoms with Crippen molar-refractivity contribution >= 4 is 40.6 Å². The minimum absolute atomic E-state index is 0.0687. The van der Waals surface area contributed by atoms with E-state index in [1.165, 1.54) is 23.1 Å². The molecule has 0 aliphatic heterocycles. The van der Waals surface area contributed by atoms with Gasteiger partial charge in [0.05, 0.1) is 26.8 Å². The van der Waals surface area contributed by atoms with Crippen molar-refractivity contribution in [3.63, 3.8) is 0 Å². The zero-order valence-electron chi connectivity index (χ0n) is 15.8. The molecule has 0 bridgehead atoms. The van der Waals surface area contributed by atoms with Gasteiger partial charge in [0.1, 0.15) is 0 Å². The Hall–Kier alpha value is -3.28. The number of anilines is 2. The van der Waals surface area contributed by atoms with Crippen molar-refractivity contribution in [2.24, 2.45) is 5.73 Å². The van der Waals surface area contributed by atoms with E-state index in [9.17, 15) is 32.9 Å². The molecule has 3 N–H and O–H groups in total. The molecule has 2 aromatic rings. The van der Waals surface area contributed by atoms with Crippen LogP contribution in [0.25, 0.3) is 0 Å². The summed E-state index contributed by atoms with van der Waals surface area (Å²) in [5.41, 5.74) is 3.46. The van der Waals surface area contributed by atoms with Crippen molar-refractivity contribution in [2.75, 3.05) is 30.1 Å². The van der Waals surface area contributed by atoms with Gasteiger partial charge in [-0.15, -0.1) is 11.8 Å². The van der Waals surface area contributed by atoms with E-state index < -0.39 is 39.9 Å². The highest BCUT2D eigenvalue weighted by molar-refractivity contribution is 8.00. The van der Waals surface area contributed by atoms with E-state index in [-0.39, 0.29) is 16.2 Å². The normalized spacial score (nSPS) is 11.1. The molecule has 0 atom stereocenters. The lowest BCUT2D eigenvalue weighted by Gasteiger charge is -2.18. The Balaban J connectivity index is 2.19. The number of rotatable bonds is 7. The number of halogens is 3. The first-order chi connectivity index (χ1) is 13.9. The molecular weight excluding hydrogens is 425 g/mol. The molecule has 0 aromatic heterocycles. The van der Waals surface area contributed by atoms with Crippen molar-refractivity contribution in [3.05, 3.63) is 57.6 Å². The summed E-state index contributed by atoms with van der Waals surface area (Å²) in [6.45, 7) is 0. The molecule has 0 aliphatic carbocycles. The predicted octanol–water partition coefficient (Wildman–Crippen LogP) is 3.51. The third-order valence-electron chi connectivity index (χ3n) is 3.90. The van der Waals surface area contributed by atoms with Gasteiger partial charge >= 0.3 is 6.18 Å². The van der Waals surface area contributed by atoms with E-state index in [1.54, 1.807) is 14.1 Å². The molecule has 2 amide bonds. The predicted molar refractivity (Wildman–Crippen MR) is 107 cm³/mol. The van der Waals surface area contributed by atoms with Crippen LogP contribution in [0.1, 0.15) is 15.9 Å². The lowest BCUT2D eigenvalue weighted by atomic mass is 10.1. The summed E-state index contributed by atoms with van der Waals surface area (Å²) < 4.78 is 40.1. The molecule has 0 saturated carbocycles. The third-order valence-corrected chi connectivity index (χ3v) is 4.96. The van der Waals surface area contributed by atoms with Crippen LogP contribution in [0.5, 0.6) is 0 Å². The second-order valence-electron chi connectivity index (χ2n) is 6.26. The third kappa shape index (κ3) is 5.63. The smallest absolute Gasteiger partial charge is 0.378 e. The first kappa shape index (κ1) is 23.0. The fraction of sp³-hybridized carbons (Fsp3) is 0.222. The van der Waals surface area contributed by atoms with Crippen molar-refractivity contribution in [2.45, 2.75) is 11.1 Å². The molecule has 0 fully saturated rings. The number of nitro benzene ring substituents is 1. The van der Waals surface area contributed by atoms with Gasteiger partial charge in [-0.3, -0.25) is 19.7 Å². The van der Waals surface area contributed by atoms with Crippen LogP contribution in [0.3, 0.4) is 0 Å². The van der Waals surface area contributed by atoms with Crippen molar-refractivity contribution in [1.29, 1.82) is 0 Å². The van der Waals surface area contributed by atoms with Crippen LogP contribution >= 0.6 is 11.8 Å². The highest BCUT2D eigenvalue weighted by Gasteiger charge is 2.34. The molecule has 0 radical (unpaired) electrons. The van der Waals surface area contributed by atoms with Crippen molar-refractivity contribution < 1.29 is 27.7 Å². The highest BCUT2D eigenvalue weighted by atomic mass is 32.2. The van der Waals surface area contributed by atoms with Crippen LogP contribution < -0.4 is 16.0 Å². The number of primary amides is 1. The minimum Gasteiger partial charge on any atom is -0.378 e. The monoisotopic (exact) mass is 442 g/mol. The van der Waals surface area contributed by atoms with Crippen molar-refractivity contribution in [3.8, 4) is 0 Å². The SMILES string of the molecule is CN(C)c1ccc(NC(=O)CSc2ccc(C(N)=O)cc2[N+](=O)[O-])c(C(F)(F)F)c1. The number of benzene rings is 2. The number of nitrogens with zero attached hydrogens (tertiary/aromatic N) is 2. The first-order valence-corrected chi connectivity index (χ1v) is 9.28. The van der Waals surface area contributed by atoms with Gasteiger partial charge in [0.2, 0.25) is 11.8 Å². The lowest BCUT2D eigenvalue weighted by molar-refractivity contribution is -0.387. The summed E-state index contributed by atoms with van der Waals surface area (Å²) in [5.74, 6) is -2.02. The summed E-state index contributed by atoms with van der Waals surface area (Å²) in [6, 6.07) is 6.97. The Labute approximate surface area is 173 Å². The number of thioether (sulfide) groups is 1. The number of hydrogen-bond donors (Lipinski definition) is 2. The maximum absolute atomic E-state index is 13.4. The number of carbonyl (C=O) groups is 2. The Bertz CT molecular complexity index is 996. The maximum atomic E-state index is 13.4. The molecule has 0 unspecified atom stereocenters. The zero-order chi connectivity index (χ0) is 22.6. The lowest BCUT2D eigenvalue weighted by Crippen LogP contribution is -2.19. The van der Waals surface area contributed by atoms with Crippen molar-refractivity contribution in [1.82, 2.24) is 0 Å². The topological polar surface area (TPSA) is 119 Å². The van der Waals surface area contributed by atoms with Gasteiger partial charge in [0.15, 0.2) is 0 Å². The molecule has 0 aliphatic rings. The second-order valence-corrected chi connectivity index (χ2v) is 7.28. The zero-order valence-corrected chi connectivity index (χ0v) is 16.6. The molecule has 160 valence electrons. The van der Waals surface area contributed by atoms with E-state index in [0.717, 1.165) is 30.0 Å². The van der Waals surface area contributed by atoms with Crippen LogP contribution in [0.4, 0.5) is 30.2 Å². The van der Waals surface area contributed by atoms with Crippen LogP contribution in [0, 0.1) is 10.1 Å². The van der Waals surface area contributed by atoms with Gasteiger partial charge in [-0.05, 0) is 30.3 Å². The Morgan fingerprint density at radius 1 is 1.20 bits per heavy atom. The molecular formula is C18H17F3N4O4S. The Morgan fingerprint density at radius 2 is 1.87 bits per heavy atom. The number of carbonyl (C=O) groups excluding carboxylic acids is 2. The highest BCUT2D eigenvalue weighted by Crippen LogP contribution is 2.37. The molecule has 30 heavy (non-hydrogen) atoms. The van der Waals surface area contributed by atoms with Crippen LogP contribution in [0.15, 0.2) is 41.3 Å².